The Kier molecular flexibility index (Phi) is 3.91. The second-order valence-corrected chi connectivity index (χ2v) is 4.00. The normalized spacial score (nSPS) is 12.4. The third-order valence-corrected chi connectivity index (χ3v) is 2.71. The van der Waals surface area contributed by atoms with E-state index in [0.29, 0.717) is 24.7 Å². The second kappa shape index (κ2) is 5.61. The van der Waals surface area contributed by atoms with E-state index < -0.39 is 6.10 Å². The number of nitrogens with two attached hydrogens (primary N) is 1. The summed E-state index contributed by atoms with van der Waals surface area (Å²) in [5.74, 6) is 6.36. The molecule has 1 aromatic carbocycles. The van der Waals surface area contributed by atoms with Gasteiger partial charge in [0.25, 0.3) is 0 Å². The van der Waals surface area contributed by atoms with Crippen LogP contribution in [0.25, 0.3) is 10.9 Å². The van der Waals surface area contributed by atoms with Crippen LogP contribution in [0.15, 0.2) is 24.3 Å². The van der Waals surface area contributed by atoms with Crippen LogP contribution in [0.1, 0.15) is 13.3 Å². The lowest BCUT2D eigenvalue weighted by molar-refractivity contribution is 0.183. The molecule has 2 aromatic rings. The number of hydrogen-bond donors (Lipinski definition) is 4. The maximum atomic E-state index is 9.57. The summed E-state index contributed by atoms with van der Waals surface area (Å²) >= 11 is 0. The molecule has 0 saturated heterocycles. The standard InChI is InChI=1S/C12H17N5O/c1-2-8(18)7-14-11-9-5-3-4-6-10(9)15-12(16-11)17-13/h3-6,8,18H,2,7,13H2,1H3,(H2,14,15,16,17). The maximum absolute atomic E-state index is 9.57. The Morgan fingerprint density at radius 3 is 2.83 bits per heavy atom. The molecule has 0 aliphatic carbocycles. The number of nitrogen functional groups attached to an aromatic ring is 1. The molecule has 1 heterocycles. The van der Waals surface area contributed by atoms with Crippen LogP contribution in [-0.2, 0) is 0 Å². The minimum atomic E-state index is -0.395. The van der Waals surface area contributed by atoms with Crippen molar-refractivity contribution in [1.29, 1.82) is 0 Å². The van der Waals surface area contributed by atoms with E-state index in [1.54, 1.807) is 0 Å². The maximum Gasteiger partial charge on any atom is 0.239 e. The van der Waals surface area contributed by atoms with E-state index in [-0.39, 0.29) is 0 Å². The average Bonchev–Trinajstić information content (AvgIpc) is 2.43. The van der Waals surface area contributed by atoms with Crippen molar-refractivity contribution in [2.75, 3.05) is 17.3 Å². The molecule has 0 saturated carbocycles. The van der Waals surface area contributed by atoms with Crippen LogP contribution in [0, 0.1) is 0 Å². The van der Waals surface area contributed by atoms with Gasteiger partial charge in [0.15, 0.2) is 0 Å². The lowest BCUT2D eigenvalue weighted by Gasteiger charge is -2.12. The number of para-hydroxylation sites is 1. The van der Waals surface area contributed by atoms with E-state index in [4.69, 9.17) is 5.84 Å². The fraction of sp³-hybridized carbons (Fsp3) is 0.333. The largest absolute Gasteiger partial charge is 0.391 e. The smallest absolute Gasteiger partial charge is 0.239 e. The Hall–Kier alpha value is -1.92. The quantitative estimate of drug-likeness (QED) is 0.467. The fourth-order valence-corrected chi connectivity index (χ4v) is 1.63. The molecule has 1 unspecified atom stereocenters. The average molecular weight is 247 g/mol. The van der Waals surface area contributed by atoms with Crippen molar-refractivity contribution in [2.45, 2.75) is 19.4 Å². The van der Waals surface area contributed by atoms with Crippen LogP contribution in [0.2, 0.25) is 0 Å². The van der Waals surface area contributed by atoms with Gasteiger partial charge in [-0.05, 0) is 18.6 Å². The van der Waals surface area contributed by atoms with Crippen LogP contribution in [-0.4, -0.2) is 27.7 Å². The van der Waals surface area contributed by atoms with Crippen molar-refractivity contribution in [3.63, 3.8) is 0 Å². The number of benzene rings is 1. The van der Waals surface area contributed by atoms with E-state index in [1.807, 2.05) is 31.2 Å². The summed E-state index contributed by atoms with van der Waals surface area (Å²) in [6.07, 6.45) is 0.297. The van der Waals surface area contributed by atoms with Gasteiger partial charge < -0.3 is 10.4 Å². The number of aliphatic hydroxyl groups is 1. The summed E-state index contributed by atoms with van der Waals surface area (Å²) in [5, 5.41) is 13.6. The zero-order valence-electron chi connectivity index (χ0n) is 10.2. The summed E-state index contributed by atoms with van der Waals surface area (Å²) in [6.45, 7) is 2.37. The van der Waals surface area contributed by atoms with E-state index >= 15 is 0 Å². The molecule has 2 rings (SSSR count). The van der Waals surface area contributed by atoms with Crippen LogP contribution < -0.4 is 16.6 Å². The minimum absolute atomic E-state index is 0.349. The monoisotopic (exact) mass is 247 g/mol. The third kappa shape index (κ3) is 2.66. The van der Waals surface area contributed by atoms with Gasteiger partial charge in [-0.15, -0.1) is 0 Å². The summed E-state index contributed by atoms with van der Waals surface area (Å²) in [5.41, 5.74) is 3.24. The Bertz CT molecular complexity index is 531. The van der Waals surface area contributed by atoms with Gasteiger partial charge in [-0.1, -0.05) is 19.1 Å². The SMILES string of the molecule is CCC(O)CNc1nc(NN)nc2ccccc12. The highest BCUT2D eigenvalue weighted by Gasteiger charge is 2.08. The summed E-state index contributed by atoms with van der Waals surface area (Å²) < 4.78 is 0. The van der Waals surface area contributed by atoms with Gasteiger partial charge in [0, 0.05) is 11.9 Å². The van der Waals surface area contributed by atoms with Crippen LogP contribution >= 0.6 is 0 Å². The number of rotatable bonds is 5. The molecule has 6 heteroatoms. The van der Waals surface area contributed by atoms with Gasteiger partial charge in [0.2, 0.25) is 5.95 Å². The Balaban J connectivity index is 2.34. The van der Waals surface area contributed by atoms with Gasteiger partial charge in [-0.3, -0.25) is 5.43 Å². The summed E-state index contributed by atoms with van der Waals surface area (Å²) in [6, 6.07) is 7.64. The fourth-order valence-electron chi connectivity index (χ4n) is 1.63. The first-order valence-corrected chi connectivity index (χ1v) is 5.90. The molecule has 0 aliphatic rings. The molecule has 1 aromatic heterocycles. The van der Waals surface area contributed by atoms with Crippen LogP contribution in [0.5, 0.6) is 0 Å². The first-order chi connectivity index (χ1) is 8.74. The van der Waals surface area contributed by atoms with Crippen molar-refractivity contribution < 1.29 is 5.11 Å². The lowest BCUT2D eigenvalue weighted by Crippen LogP contribution is -2.20. The predicted molar refractivity (Wildman–Crippen MR) is 72.1 cm³/mol. The molecular weight excluding hydrogens is 230 g/mol. The second-order valence-electron chi connectivity index (χ2n) is 4.00. The molecule has 0 bridgehead atoms. The predicted octanol–water partition coefficient (Wildman–Crippen LogP) is 1.10. The topological polar surface area (TPSA) is 96.1 Å². The molecular formula is C12H17N5O. The van der Waals surface area contributed by atoms with Crippen molar-refractivity contribution >= 4 is 22.7 Å². The molecule has 0 spiro atoms. The number of fused-ring (bicyclic) bond motifs is 1. The Morgan fingerprint density at radius 2 is 2.11 bits per heavy atom. The van der Waals surface area contributed by atoms with Gasteiger partial charge >= 0.3 is 0 Å². The van der Waals surface area contributed by atoms with E-state index in [9.17, 15) is 5.11 Å². The number of hydrazine groups is 1. The van der Waals surface area contributed by atoms with Gasteiger partial charge in [0.05, 0.1) is 11.6 Å². The van der Waals surface area contributed by atoms with Crippen molar-refractivity contribution in [3.05, 3.63) is 24.3 Å². The minimum Gasteiger partial charge on any atom is -0.391 e. The highest BCUT2D eigenvalue weighted by molar-refractivity contribution is 5.89. The van der Waals surface area contributed by atoms with Crippen molar-refractivity contribution in [2.24, 2.45) is 5.84 Å². The first kappa shape index (κ1) is 12.5. The van der Waals surface area contributed by atoms with Gasteiger partial charge in [-0.2, -0.15) is 4.98 Å². The number of anilines is 2. The Labute approximate surface area is 105 Å². The van der Waals surface area contributed by atoms with Gasteiger partial charge in [-0.25, -0.2) is 10.8 Å². The summed E-state index contributed by atoms with van der Waals surface area (Å²) in [4.78, 5) is 8.51. The van der Waals surface area contributed by atoms with Gasteiger partial charge in [0.1, 0.15) is 5.82 Å². The molecule has 5 N–H and O–H groups in total. The third-order valence-electron chi connectivity index (χ3n) is 2.71. The molecule has 18 heavy (non-hydrogen) atoms. The van der Waals surface area contributed by atoms with Crippen molar-refractivity contribution in [1.82, 2.24) is 9.97 Å². The highest BCUT2D eigenvalue weighted by Crippen LogP contribution is 2.21. The van der Waals surface area contributed by atoms with Crippen molar-refractivity contribution in [3.8, 4) is 0 Å². The molecule has 1 atom stereocenters. The molecule has 0 radical (unpaired) electrons. The number of hydrogen-bond acceptors (Lipinski definition) is 6. The number of aromatic nitrogens is 2. The lowest BCUT2D eigenvalue weighted by atomic mass is 10.2. The molecule has 6 nitrogen and oxygen atoms in total. The summed E-state index contributed by atoms with van der Waals surface area (Å²) in [7, 11) is 0. The van der Waals surface area contributed by atoms with E-state index in [2.05, 4.69) is 20.7 Å². The van der Waals surface area contributed by atoms with E-state index in [1.165, 1.54) is 0 Å². The zero-order valence-corrected chi connectivity index (χ0v) is 10.2. The molecule has 0 fully saturated rings. The number of aliphatic hydroxyl groups excluding tert-OH is 1. The number of nitrogens with one attached hydrogen (secondary N) is 2. The Morgan fingerprint density at radius 1 is 1.33 bits per heavy atom. The molecule has 0 amide bonds. The van der Waals surface area contributed by atoms with E-state index in [0.717, 1.165) is 10.9 Å². The first-order valence-electron chi connectivity index (χ1n) is 5.90. The highest BCUT2D eigenvalue weighted by atomic mass is 16.3. The number of nitrogens with zero attached hydrogens (tertiary/aromatic N) is 2. The van der Waals surface area contributed by atoms with Crippen LogP contribution in [0.4, 0.5) is 11.8 Å². The molecule has 0 aliphatic heterocycles. The molecule has 96 valence electrons. The zero-order chi connectivity index (χ0) is 13.0. The van der Waals surface area contributed by atoms with Crippen LogP contribution in [0.3, 0.4) is 0 Å².